The highest BCUT2D eigenvalue weighted by Crippen LogP contribution is 2.29. The molecule has 1 saturated heterocycles. The molecule has 3 aromatic rings. The summed E-state index contributed by atoms with van der Waals surface area (Å²) >= 11 is 0. The molecule has 1 aliphatic rings. The van der Waals surface area contributed by atoms with Crippen molar-refractivity contribution in [1.29, 1.82) is 0 Å². The molecule has 0 bridgehead atoms. The highest BCUT2D eigenvalue weighted by atomic mass is 19.1. The first kappa shape index (κ1) is 21.6. The van der Waals surface area contributed by atoms with Gasteiger partial charge in [-0.25, -0.2) is 13.8 Å². The van der Waals surface area contributed by atoms with Gasteiger partial charge < -0.3 is 21.7 Å². The zero-order valence-electron chi connectivity index (χ0n) is 17.5. The Balaban J connectivity index is 1.67. The van der Waals surface area contributed by atoms with E-state index in [0.29, 0.717) is 12.2 Å². The zero-order chi connectivity index (χ0) is 22.8. The van der Waals surface area contributed by atoms with Crippen LogP contribution in [0.1, 0.15) is 28.9 Å². The summed E-state index contributed by atoms with van der Waals surface area (Å²) in [6.07, 6.45) is 6.35. The van der Waals surface area contributed by atoms with Gasteiger partial charge in [0.2, 0.25) is 0 Å². The van der Waals surface area contributed by atoms with Crippen LogP contribution >= 0.6 is 0 Å². The Hall–Kier alpha value is -3.66. The number of hydrogen-bond donors (Lipinski definition) is 3. The summed E-state index contributed by atoms with van der Waals surface area (Å²) in [5.74, 6) is -2.26. The minimum atomic E-state index is -0.875. The molecule has 166 valence electrons. The van der Waals surface area contributed by atoms with Crippen molar-refractivity contribution in [3.63, 3.8) is 0 Å². The lowest BCUT2D eigenvalue weighted by Gasteiger charge is -2.33. The molecule has 0 saturated carbocycles. The SMILES string of the molecule is Cc1ccnc(-c2nc(C(=O)Nc3cnccc3N3CCCC(N)C3)c(N)cc2F)c1F. The van der Waals surface area contributed by atoms with Gasteiger partial charge in [0.15, 0.2) is 17.3 Å². The van der Waals surface area contributed by atoms with Gasteiger partial charge in [-0.15, -0.1) is 0 Å². The first-order chi connectivity index (χ1) is 15.3. The van der Waals surface area contributed by atoms with E-state index in [1.807, 2.05) is 0 Å². The molecule has 5 N–H and O–H groups in total. The number of piperidine rings is 1. The molecule has 0 aliphatic carbocycles. The van der Waals surface area contributed by atoms with Crippen molar-refractivity contribution >= 4 is 23.0 Å². The molecule has 1 atom stereocenters. The summed E-state index contributed by atoms with van der Waals surface area (Å²) in [6.45, 7) is 2.96. The molecule has 8 nitrogen and oxygen atoms in total. The van der Waals surface area contributed by atoms with E-state index >= 15 is 0 Å². The van der Waals surface area contributed by atoms with Crippen LogP contribution in [0.15, 0.2) is 36.8 Å². The molecule has 1 amide bonds. The predicted molar refractivity (Wildman–Crippen MR) is 118 cm³/mol. The lowest BCUT2D eigenvalue weighted by atomic mass is 10.1. The Morgan fingerprint density at radius 2 is 2.06 bits per heavy atom. The Kier molecular flexibility index (Phi) is 5.95. The number of pyridine rings is 3. The number of aryl methyl sites for hydroxylation is 1. The van der Waals surface area contributed by atoms with E-state index in [1.54, 1.807) is 12.3 Å². The van der Waals surface area contributed by atoms with Gasteiger partial charge >= 0.3 is 0 Å². The Labute approximate surface area is 183 Å². The minimum Gasteiger partial charge on any atom is -0.397 e. The lowest BCUT2D eigenvalue weighted by molar-refractivity contribution is 0.102. The van der Waals surface area contributed by atoms with E-state index in [4.69, 9.17) is 11.5 Å². The molecule has 10 heteroatoms. The molecule has 4 rings (SSSR count). The van der Waals surface area contributed by atoms with Gasteiger partial charge in [-0.2, -0.15) is 0 Å². The second kappa shape index (κ2) is 8.83. The highest BCUT2D eigenvalue weighted by Gasteiger charge is 2.23. The fraction of sp³-hybridized carbons (Fsp3) is 0.273. The second-order valence-electron chi connectivity index (χ2n) is 7.74. The molecule has 0 spiro atoms. The van der Waals surface area contributed by atoms with Crippen LogP contribution in [0.5, 0.6) is 0 Å². The number of anilines is 3. The third-order valence-corrected chi connectivity index (χ3v) is 5.37. The molecule has 0 aromatic carbocycles. The maximum absolute atomic E-state index is 14.6. The summed E-state index contributed by atoms with van der Waals surface area (Å²) in [5.41, 5.74) is 12.3. The molecule has 0 radical (unpaired) electrons. The van der Waals surface area contributed by atoms with Crippen LogP contribution < -0.4 is 21.7 Å². The summed E-state index contributed by atoms with van der Waals surface area (Å²) < 4.78 is 29.1. The van der Waals surface area contributed by atoms with E-state index in [9.17, 15) is 13.6 Å². The van der Waals surface area contributed by atoms with Crippen molar-refractivity contribution < 1.29 is 13.6 Å². The molecule has 1 fully saturated rings. The van der Waals surface area contributed by atoms with Crippen LogP contribution in [-0.2, 0) is 0 Å². The fourth-order valence-electron chi connectivity index (χ4n) is 3.73. The van der Waals surface area contributed by atoms with Crippen LogP contribution in [0.2, 0.25) is 0 Å². The average molecular weight is 439 g/mol. The topological polar surface area (TPSA) is 123 Å². The number of carbonyl (C=O) groups is 1. The number of nitrogen functional groups attached to an aromatic ring is 1. The highest BCUT2D eigenvalue weighted by molar-refractivity contribution is 6.07. The van der Waals surface area contributed by atoms with Crippen LogP contribution in [0.25, 0.3) is 11.4 Å². The number of carbonyl (C=O) groups excluding carboxylic acids is 1. The smallest absolute Gasteiger partial charge is 0.276 e. The molecule has 1 aliphatic heterocycles. The van der Waals surface area contributed by atoms with E-state index < -0.39 is 17.5 Å². The standard InChI is InChI=1S/C22H23F2N7O/c1-12-4-7-28-21(18(12)24)19-14(23)9-15(26)20(30-19)22(32)29-16-10-27-6-5-17(16)31-8-2-3-13(25)11-31/h4-7,9-10,13H,2-3,8,11,25-26H2,1H3,(H,29,32). The molecular weight excluding hydrogens is 416 g/mol. The van der Waals surface area contributed by atoms with Gasteiger partial charge in [-0.1, -0.05) is 0 Å². The van der Waals surface area contributed by atoms with Crippen LogP contribution in [0.3, 0.4) is 0 Å². The van der Waals surface area contributed by atoms with Gasteiger partial charge in [0.1, 0.15) is 11.4 Å². The number of aromatic nitrogens is 3. The maximum atomic E-state index is 14.6. The summed E-state index contributed by atoms with van der Waals surface area (Å²) in [4.78, 5) is 27.1. The second-order valence-corrected chi connectivity index (χ2v) is 7.74. The van der Waals surface area contributed by atoms with Crippen molar-refractivity contribution in [3.8, 4) is 11.4 Å². The number of amides is 1. The van der Waals surface area contributed by atoms with Gasteiger partial charge in [-0.05, 0) is 37.5 Å². The molecule has 32 heavy (non-hydrogen) atoms. The van der Waals surface area contributed by atoms with E-state index in [0.717, 1.165) is 31.1 Å². The number of nitrogens with two attached hydrogens (primary N) is 2. The van der Waals surface area contributed by atoms with Crippen LogP contribution in [0, 0.1) is 18.6 Å². The van der Waals surface area contributed by atoms with Crippen LogP contribution in [0.4, 0.5) is 25.8 Å². The van der Waals surface area contributed by atoms with Crippen molar-refractivity contribution in [2.75, 3.05) is 29.0 Å². The number of hydrogen-bond acceptors (Lipinski definition) is 7. The van der Waals surface area contributed by atoms with Gasteiger partial charge in [-0.3, -0.25) is 14.8 Å². The van der Waals surface area contributed by atoms with E-state index in [1.165, 1.54) is 25.4 Å². The number of nitrogens with zero attached hydrogens (tertiary/aromatic N) is 4. The maximum Gasteiger partial charge on any atom is 0.276 e. The predicted octanol–water partition coefficient (Wildman–Crippen LogP) is 2.89. The normalized spacial score (nSPS) is 16.1. The first-order valence-electron chi connectivity index (χ1n) is 10.2. The third-order valence-electron chi connectivity index (χ3n) is 5.37. The summed E-state index contributed by atoms with van der Waals surface area (Å²) in [6, 6.07) is 4.22. The fourth-order valence-corrected chi connectivity index (χ4v) is 3.73. The monoisotopic (exact) mass is 439 g/mol. The molecule has 1 unspecified atom stereocenters. The van der Waals surface area contributed by atoms with Crippen LogP contribution in [-0.4, -0.2) is 40.0 Å². The minimum absolute atomic E-state index is 0.0363. The molecule has 4 heterocycles. The van der Waals surface area contributed by atoms with E-state index in [2.05, 4.69) is 25.2 Å². The lowest BCUT2D eigenvalue weighted by Crippen LogP contribution is -2.43. The van der Waals surface area contributed by atoms with Crippen molar-refractivity contribution in [2.24, 2.45) is 5.73 Å². The third kappa shape index (κ3) is 4.22. The molecular formula is C22H23F2N7O. The zero-order valence-corrected chi connectivity index (χ0v) is 17.5. The summed E-state index contributed by atoms with van der Waals surface area (Å²) in [5, 5.41) is 2.74. The average Bonchev–Trinajstić information content (AvgIpc) is 2.76. The largest absolute Gasteiger partial charge is 0.397 e. The van der Waals surface area contributed by atoms with Crippen molar-refractivity contribution in [3.05, 3.63) is 59.7 Å². The van der Waals surface area contributed by atoms with Gasteiger partial charge in [0.05, 0.1) is 23.3 Å². The number of rotatable bonds is 4. The molecule has 3 aromatic heterocycles. The number of nitrogens with one attached hydrogen (secondary N) is 1. The van der Waals surface area contributed by atoms with Crippen molar-refractivity contribution in [1.82, 2.24) is 15.0 Å². The number of halogens is 2. The van der Waals surface area contributed by atoms with Crippen molar-refractivity contribution in [2.45, 2.75) is 25.8 Å². The Morgan fingerprint density at radius 1 is 1.25 bits per heavy atom. The van der Waals surface area contributed by atoms with Gasteiger partial charge in [0.25, 0.3) is 5.91 Å². The quantitative estimate of drug-likeness (QED) is 0.571. The first-order valence-corrected chi connectivity index (χ1v) is 10.2. The van der Waals surface area contributed by atoms with Gasteiger partial charge in [0, 0.05) is 37.6 Å². The summed E-state index contributed by atoms with van der Waals surface area (Å²) in [7, 11) is 0. The Bertz CT molecular complexity index is 1170. The Morgan fingerprint density at radius 3 is 2.84 bits per heavy atom. The van der Waals surface area contributed by atoms with E-state index in [-0.39, 0.29) is 34.4 Å².